The second-order valence-corrected chi connectivity index (χ2v) is 18.4. The van der Waals surface area contributed by atoms with Crippen molar-refractivity contribution in [2.24, 2.45) is 44.3 Å². The molecule has 7 rings (SSSR count). The fraction of sp³-hybridized carbons (Fsp3) is 0.591. The largest absolute Gasteiger partial charge is 0.508 e. The molecule has 0 aromatic heterocycles. The molecule has 0 unspecified atom stereocenters. The van der Waals surface area contributed by atoms with E-state index in [4.69, 9.17) is 9.47 Å². The number of hydrogen-bond donors (Lipinski definition) is 1. The molecule has 5 aliphatic carbocycles. The van der Waals surface area contributed by atoms with Gasteiger partial charge in [-0.25, -0.2) is 9.59 Å². The molecule has 262 valence electrons. The van der Waals surface area contributed by atoms with Crippen molar-refractivity contribution in [1.29, 1.82) is 0 Å². The number of allylic oxidation sites excluding steroid dienone is 4. The summed E-state index contributed by atoms with van der Waals surface area (Å²) >= 11 is 0. The highest BCUT2D eigenvalue weighted by atomic mass is 16.5. The van der Waals surface area contributed by atoms with E-state index in [1.807, 2.05) is 30.3 Å². The zero-order valence-electron chi connectivity index (χ0n) is 30.7. The first-order valence-electron chi connectivity index (χ1n) is 18.7. The third-order valence-electron chi connectivity index (χ3n) is 15.2. The Hall–Kier alpha value is -3.34. The Morgan fingerprint density at radius 1 is 0.755 bits per heavy atom. The first-order valence-corrected chi connectivity index (χ1v) is 18.7. The van der Waals surface area contributed by atoms with E-state index in [0.29, 0.717) is 29.6 Å². The number of hydrogen-bond acceptors (Lipinski definition) is 5. The predicted molar refractivity (Wildman–Crippen MR) is 193 cm³/mol. The van der Waals surface area contributed by atoms with Gasteiger partial charge in [0.2, 0.25) is 0 Å². The van der Waals surface area contributed by atoms with Crippen LogP contribution in [-0.4, -0.2) is 29.8 Å². The highest BCUT2D eigenvalue weighted by molar-refractivity contribution is 5.90. The monoisotopic (exact) mass is 664 g/mol. The van der Waals surface area contributed by atoms with Gasteiger partial charge in [0.05, 0.1) is 17.7 Å². The number of phenols is 1. The molecule has 0 saturated heterocycles. The van der Waals surface area contributed by atoms with Gasteiger partial charge in [0, 0.05) is 10.8 Å². The van der Waals surface area contributed by atoms with Gasteiger partial charge in [0.15, 0.2) is 0 Å². The SMILES string of the molecule is CC1(C)[C@H](OC(=O)c2ccc(O)cc2)CC[C@]2(C)C3=CC[C@@]4(C)[C@@H]5C[C@](C)(COC(=O)c6ccccc6)CC[C@]5(C)CC[C@]4(C)C3=CC[C@@H]12. The van der Waals surface area contributed by atoms with Crippen LogP contribution >= 0.6 is 0 Å². The zero-order valence-corrected chi connectivity index (χ0v) is 30.7. The van der Waals surface area contributed by atoms with Gasteiger partial charge in [-0.05, 0) is 139 Å². The molecule has 5 heteroatoms. The van der Waals surface area contributed by atoms with Gasteiger partial charge in [-0.3, -0.25) is 0 Å². The maximum atomic E-state index is 13.2. The van der Waals surface area contributed by atoms with Crippen molar-refractivity contribution in [2.75, 3.05) is 6.61 Å². The summed E-state index contributed by atoms with van der Waals surface area (Å²) in [5.74, 6) is 0.505. The minimum atomic E-state index is -0.312. The van der Waals surface area contributed by atoms with E-state index < -0.39 is 0 Å². The number of phenolic OH excluding ortho intramolecular Hbond substituents is 1. The first kappa shape index (κ1) is 34.1. The molecule has 49 heavy (non-hydrogen) atoms. The molecule has 3 fully saturated rings. The van der Waals surface area contributed by atoms with Crippen LogP contribution < -0.4 is 0 Å². The van der Waals surface area contributed by atoms with Crippen LogP contribution in [0.2, 0.25) is 0 Å². The zero-order chi connectivity index (χ0) is 35.0. The molecule has 2 aromatic carbocycles. The van der Waals surface area contributed by atoms with Crippen LogP contribution in [0.4, 0.5) is 0 Å². The molecule has 0 spiro atoms. The Morgan fingerprint density at radius 3 is 2.14 bits per heavy atom. The Balaban J connectivity index is 1.13. The van der Waals surface area contributed by atoms with Crippen molar-refractivity contribution < 1.29 is 24.2 Å². The minimum Gasteiger partial charge on any atom is -0.508 e. The van der Waals surface area contributed by atoms with Crippen molar-refractivity contribution in [3.05, 3.63) is 89.0 Å². The van der Waals surface area contributed by atoms with Crippen molar-refractivity contribution >= 4 is 11.9 Å². The Kier molecular flexibility index (Phi) is 8.08. The van der Waals surface area contributed by atoms with Gasteiger partial charge >= 0.3 is 11.9 Å². The van der Waals surface area contributed by atoms with Crippen LogP contribution in [0.15, 0.2) is 77.9 Å². The third-order valence-corrected chi connectivity index (χ3v) is 15.2. The van der Waals surface area contributed by atoms with E-state index in [0.717, 1.165) is 38.5 Å². The molecule has 2 aromatic rings. The lowest BCUT2D eigenvalue weighted by molar-refractivity contribution is -0.150. The minimum absolute atomic E-state index is 0.0207. The molecule has 3 saturated carbocycles. The Labute approximate surface area is 293 Å². The quantitative estimate of drug-likeness (QED) is 0.322. The maximum Gasteiger partial charge on any atom is 0.338 e. The van der Waals surface area contributed by atoms with Crippen molar-refractivity contribution in [1.82, 2.24) is 0 Å². The number of esters is 2. The summed E-state index contributed by atoms with van der Waals surface area (Å²) in [6.07, 6.45) is 14.7. The van der Waals surface area contributed by atoms with E-state index >= 15 is 0 Å². The number of aromatic hydroxyl groups is 1. The van der Waals surface area contributed by atoms with Gasteiger partial charge in [-0.2, -0.15) is 0 Å². The van der Waals surface area contributed by atoms with Gasteiger partial charge in [0.1, 0.15) is 11.9 Å². The average Bonchev–Trinajstić information content (AvgIpc) is 3.07. The standard InChI is InChI=1S/C44H56O5/c1-39(2)34-18-17-33-32(42(34,5)21-20-36(39)49-38(47)30-13-15-31(45)16-14-30)19-22-44(7)35-27-40(3,23-24-41(35,4)25-26-43(33,44)6)28-48-37(46)29-11-9-8-10-12-29/h8-17,19,34-36,45H,18,20-28H2,1-7H3/t34-,35+,36+,40+,41+,42+,43+,44-/m0/s1. The summed E-state index contributed by atoms with van der Waals surface area (Å²) in [5.41, 5.74) is 4.48. The molecule has 0 aliphatic heterocycles. The van der Waals surface area contributed by atoms with Crippen LogP contribution in [-0.2, 0) is 9.47 Å². The van der Waals surface area contributed by atoms with Crippen LogP contribution in [0.25, 0.3) is 0 Å². The van der Waals surface area contributed by atoms with Crippen LogP contribution in [0.5, 0.6) is 5.75 Å². The third kappa shape index (κ3) is 5.31. The highest BCUT2D eigenvalue weighted by Crippen LogP contribution is 2.74. The molecule has 0 heterocycles. The first-order chi connectivity index (χ1) is 23.0. The number of carbonyl (C=O) groups excluding carboxylic acids is 2. The molecule has 0 radical (unpaired) electrons. The number of rotatable bonds is 5. The number of carbonyl (C=O) groups is 2. The second kappa shape index (κ2) is 11.6. The summed E-state index contributed by atoms with van der Waals surface area (Å²) in [7, 11) is 0. The van der Waals surface area contributed by atoms with Crippen molar-refractivity contribution in [3.63, 3.8) is 0 Å². The summed E-state index contributed by atoms with van der Waals surface area (Å²) in [4.78, 5) is 26.1. The second-order valence-electron chi connectivity index (χ2n) is 18.4. The average molecular weight is 665 g/mol. The number of fused-ring (bicyclic) bond motifs is 7. The summed E-state index contributed by atoms with van der Waals surface area (Å²) in [6, 6.07) is 15.7. The summed E-state index contributed by atoms with van der Waals surface area (Å²) in [5, 5.41) is 9.69. The van der Waals surface area contributed by atoms with Crippen LogP contribution in [0.3, 0.4) is 0 Å². The lowest BCUT2D eigenvalue weighted by Crippen LogP contribution is -2.61. The van der Waals surface area contributed by atoms with E-state index in [2.05, 4.69) is 60.6 Å². The Morgan fingerprint density at radius 2 is 1.43 bits per heavy atom. The number of ether oxygens (including phenoxy) is 2. The Bertz CT molecular complexity index is 1690. The van der Waals surface area contributed by atoms with Crippen molar-refractivity contribution in [2.45, 2.75) is 112 Å². The highest BCUT2D eigenvalue weighted by Gasteiger charge is 2.66. The van der Waals surface area contributed by atoms with Crippen molar-refractivity contribution in [3.8, 4) is 5.75 Å². The lowest BCUT2D eigenvalue weighted by atomic mass is 9.36. The molecule has 8 atom stereocenters. The van der Waals surface area contributed by atoms with Crippen LogP contribution in [0.1, 0.15) is 127 Å². The normalized spacial score (nSPS) is 39.1. The molecule has 0 bridgehead atoms. The topological polar surface area (TPSA) is 72.8 Å². The molecule has 5 aliphatic rings. The molecular formula is C44H56O5. The smallest absolute Gasteiger partial charge is 0.338 e. The maximum absolute atomic E-state index is 13.2. The summed E-state index contributed by atoms with van der Waals surface area (Å²) < 4.78 is 12.3. The van der Waals surface area contributed by atoms with Gasteiger partial charge in [-0.15, -0.1) is 0 Å². The predicted octanol–water partition coefficient (Wildman–Crippen LogP) is 10.5. The van der Waals surface area contributed by atoms with Gasteiger partial charge in [0.25, 0.3) is 0 Å². The van der Waals surface area contributed by atoms with E-state index in [-0.39, 0.29) is 56.3 Å². The van der Waals surface area contributed by atoms with E-state index in [1.54, 1.807) is 35.4 Å². The van der Waals surface area contributed by atoms with Gasteiger partial charge < -0.3 is 14.6 Å². The fourth-order valence-electron chi connectivity index (χ4n) is 11.7. The van der Waals surface area contributed by atoms with Gasteiger partial charge in [-0.1, -0.05) is 78.8 Å². The van der Waals surface area contributed by atoms with E-state index in [1.165, 1.54) is 19.3 Å². The molecule has 0 amide bonds. The molecule has 1 N–H and O–H groups in total. The number of benzene rings is 2. The molecule has 5 nitrogen and oxygen atoms in total. The fourth-order valence-corrected chi connectivity index (χ4v) is 11.7. The molecular weight excluding hydrogens is 608 g/mol. The van der Waals surface area contributed by atoms with Crippen LogP contribution in [0, 0.1) is 44.3 Å². The van der Waals surface area contributed by atoms with E-state index in [9.17, 15) is 14.7 Å². The summed E-state index contributed by atoms with van der Waals surface area (Å²) in [6.45, 7) is 17.6. The lowest BCUT2D eigenvalue weighted by Gasteiger charge is -2.69.